The molecular weight excluding hydrogens is 118 g/mol. The molecule has 0 aliphatic carbocycles. The summed E-state index contributed by atoms with van der Waals surface area (Å²) in [6, 6.07) is -0.163. The number of rotatable bonds is 1. The van der Waals surface area contributed by atoms with Crippen LogP contribution in [0.25, 0.3) is 0 Å². The molecule has 0 unspecified atom stereocenters. The molecule has 0 aromatic carbocycles. The van der Waals surface area contributed by atoms with Crippen LogP contribution in [0.2, 0.25) is 0 Å². The van der Waals surface area contributed by atoms with Crippen molar-refractivity contribution in [3.8, 4) is 5.75 Å². The van der Waals surface area contributed by atoms with Gasteiger partial charge in [0.15, 0.2) is 5.75 Å². The standard InChI is InChI=1S/C6H9NO2/c1-4(7)5-2-9-3-6(5)8/h2-4,8H,7H2,1H3/t4-/m0/s1. The monoisotopic (exact) mass is 127 g/mol. The first-order valence-electron chi connectivity index (χ1n) is 2.72. The van der Waals surface area contributed by atoms with E-state index >= 15 is 0 Å². The topological polar surface area (TPSA) is 59.4 Å². The van der Waals surface area contributed by atoms with E-state index in [1.165, 1.54) is 12.5 Å². The lowest BCUT2D eigenvalue weighted by molar-refractivity contribution is 0.453. The van der Waals surface area contributed by atoms with E-state index in [1.807, 2.05) is 0 Å². The van der Waals surface area contributed by atoms with Crippen LogP contribution in [0.4, 0.5) is 0 Å². The highest BCUT2D eigenvalue weighted by Gasteiger charge is 2.06. The zero-order valence-electron chi connectivity index (χ0n) is 5.16. The van der Waals surface area contributed by atoms with Gasteiger partial charge in [-0.05, 0) is 6.92 Å². The van der Waals surface area contributed by atoms with Crippen LogP contribution < -0.4 is 5.73 Å². The predicted octanol–water partition coefficient (Wildman–Crippen LogP) is 1.00. The zero-order chi connectivity index (χ0) is 6.85. The number of hydrogen-bond acceptors (Lipinski definition) is 3. The van der Waals surface area contributed by atoms with Crippen molar-refractivity contribution in [2.24, 2.45) is 5.73 Å². The first-order valence-corrected chi connectivity index (χ1v) is 2.72. The molecule has 3 nitrogen and oxygen atoms in total. The van der Waals surface area contributed by atoms with E-state index in [-0.39, 0.29) is 11.8 Å². The third-order valence-corrected chi connectivity index (χ3v) is 1.16. The van der Waals surface area contributed by atoms with Crippen molar-refractivity contribution in [2.45, 2.75) is 13.0 Å². The Bertz CT molecular complexity index is 193. The maximum absolute atomic E-state index is 8.95. The molecule has 0 aliphatic rings. The van der Waals surface area contributed by atoms with E-state index in [4.69, 9.17) is 10.8 Å². The Balaban J connectivity index is 2.94. The van der Waals surface area contributed by atoms with E-state index in [0.29, 0.717) is 5.56 Å². The molecule has 0 aliphatic heterocycles. The molecule has 1 aromatic heterocycles. The molecule has 1 rings (SSSR count). The van der Waals surface area contributed by atoms with Gasteiger partial charge in [0.1, 0.15) is 6.26 Å². The summed E-state index contributed by atoms with van der Waals surface area (Å²) in [4.78, 5) is 0. The van der Waals surface area contributed by atoms with Gasteiger partial charge in [0.25, 0.3) is 0 Å². The Morgan fingerprint density at radius 2 is 2.33 bits per heavy atom. The normalized spacial score (nSPS) is 13.6. The van der Waals surface area contributed by atoms with Crippen LogP contribution in [0.15, 0.2) is 16.9 Å². The van der Waals surface area contributed by atoms with Gasteiger partial charge in [-0.1, -0.05) is 0 Å². The second kappa shape index (κ2) is 2.11. The van der Waals surface area contributed by atoms with Gasteiger partial charge >= 0.3 is 0 Å². The van der Waals surface area contributed by atoms with Crippen LogP contribution in [0.5, 0.6) is 5.75 Å². The summed E-state index contributed by atoms with van der Waals surface area (Å²) in [5.41, 5.74) is 6.09. The van der Waals surface area contributed by atoms with Gasteiger partial charge in [0.2, 0.25) is 0 Å². The van der Waals surface area contributed by atoms with E-state index in [2.05, 4.69) is 4.42 Å². The fourth-order valence-electron chi connectivity index (χ4n) is 0.641. The summed E-state index contributed by atoms with van der Waals surface area (Å²) in [5.74, 6) is 0.130. The molecule has 0 fully saturated rings. The summed E-state index contributed by atoms with van der Waals surface area (Å²) in [7, 11) is 0. The van der Waals surface area contributed by atoms with Crippen molar-refractivity contribution in [1.82, 2.24) is 0 Å². The minimum atomic E-state index is -0.163. The minimum Gasteiger partial charge on any atom is -0.504 e. The van der Waals surface area contributed by atoms with Crippen molar-refractivity contribution < 1.29 is 9.52 Å². The van der Waals surface area contributed by atoms with Crippen molar-refractivity contribution in [1.29, 1.82) is 0 Å². The first kappa shape index (κ1) is 6.16. The highest BCUT2D eigenvalue weighted by Crippen LogP contribution is 2.22. The summed E-state index contributed by atoms with van der Waals surface area (Å²) in [6.45, 7) is 1.78. The molecule has 3 N–H and O–H groups in total. The molecule has 1 atom stereocenters. The molecule has 1 heterocycles. The fourth-order valence-corrected chi connectivity index (χ4v) is 0.641. The molecule has 0 saturated carbocycles. The third-order valence-electron chi connectivity index (χ3n) is 1.16. The largest absolute Gasteiger partial charge is 0.504 e. The lowest BCUT2D eigenvalue weighted by Crippen LogP contribution is -2.03. The summed E-state index contributed by atoms with van der Waals surface area (Å²) in [5, 5.41) is 8.95. The van der Waals surface area contributed by atoms with E-state index < -0.39 is 0 Å². The third kappa shape index (κ3) is 1.05. The first-order chi connectivity index (χ1) is 4.22. The average Bonchev–Trinajstić information content (AvgIpc) is 2.13. The lowest BCUT2D eigenvalue weighted by Gasteiger charge is -1.98. The smallest absolute Gasteiger partial charge is 0.158 e. The van der Waals surface area contributed by atoms with Crippen LogP contribution in [0, 0.1) is 0 Å². The van der Waals surface area contributed by atoms with Crippen molar-refractivity contribution >= 4 is 0 Å². The van der Waals surface area contributed by atoms with E-state index in [0.717, 1.165) is 0 Å². The minimum absolute atomic E-state index is 0.130. The molecule has 9 heavy (non-hydrogen) atoms. The summed E-state index contributed by atoms with van der Waals surface area (Å²) in [6.07, 6.45) is 2.71. The van der Waals surface area contributed by atoms with Gasteiger partial charge in [-0.2, -0.15) is 0 Å². The highest BCUT2D eigenvalue weighted by molar-refractivity contribution is 5.28. The molecule has 0 saturated heterocycles. The Morgan fingerprint density at radius 1 is 1.67 bits per heavy atom. The van der Waals surface area contributed by atoms with Crippen LogP contribution in [0.1, 0.15) is 18.5 Å². The van der Waals surface area contributed by atoms with Crippen LogP contribution in [-0.4, -0.2) is 5.11 Å². The van der Waals surface area contributed by atoms with E-state index in [1.54, 1.807) is 6.92 Å². The molecule has 0 radical (unpaired) electrons. The predicted molar refractivity (Wildman–Crippen MR) is 33.0 cm³/mol. The Labute approximate surface area is 53.1 Å². The zero-order valence-corrected chi connectivity index (χ0v) is 5.16. The van der Waals surface area contributed by atoms with Crippen LogP contribution >= 0.6 is 0 Å². The number of aromatic hydroxyl groups is 1. The summed E-state index contributed by atoms with van der Waals surface area (Å²) < 4.78 is 4.68. The average molecular weight is 127 g/mol. The van der Waals surface area contributed by atoms with Crippen molar-refractivity contribution in [2.75, 3.05) is 0 Å². The fraction of sp³-hybridized carbons (Fsp3) is 0.333. The quantitative estimate of drug-likeness (QED) is 0.591. The Hall–Kier alpha value is -0.960. The molecule has 0 bridgehead atoms. The van der Waals surface area contributed by atoms with Gasteiger partial charge in [0, 0.05) is 11.6 Å². The maximum atomic E-state index is 8.95. The number of nitrogens with two attached hydrogens (primary N) is 1. The van der Waals surface area contributed by atoms with Gasteiger partial charge in [-0.3, -0.25) is 0 Å². The van der Waals surface area contributed by atoms with Gasteiger partial charge in [-0.25, -0.2) is 0 Å². The molecule has 0 amide bonds. The molecular formula is C6H9NO2. The second-order valence-corrected chi connectivity index (χ2v) is 2.00. The Kier molecular flexibility index (Phi) is 1.44. The van der Waals surface area contributed by atoms with Crippen LogP contribution in [0.3, 0.4) is 0 Å². The second-order valence-electron chi connectivity index (χ2n) is 2.00. The van der Waals surface area contributed by atoms with Gasteiger partial charge in [-0.15, -0.1) is 0 Å². The highest BCUT2D eigenvalue weighted by atomic mass is 16.3. The number of hydrogen-bond donors (Lipinski definition) is 2. The Morgan fingerprint density at radius 3 is 2.56 bits per heavy atom. The van der Waals surface area contributed by atoms with Gasteiger partial charge < -0.3 is 15.3 Å². The molecule has 50 valence electrons. The van der Waals surface area contributed by atoms with Crippen molar-refractivity contribution in [3.05, 3.63) is 18.1 Å². The van der Waals surface area contributed by atoms with Gasteiger partial charge in [0.05, 0.1) is 6.26 Å². The van der Waals surface area contributed by atoms with Crippen LogP contribution in [-0.2, 0) is 0 Å². The number of furan rings is 1. The molecule has 0 spiro atoms. The SMILES string of the molecule is C[C@H](N)c1cocc1O. The molecule has 3 heteroatoms. The van der Waals surface area contributed by atoms with E-state index in [9.17, 15) is 0 Å². The van der Waals surface area contributed by atoms with Crippen molar-refractivity contribution in [3.63, 3.8) is 0 Å². The lowest BCUT2D eigenvalue weighted by atomic mass is 10.2. The molecule has 1 aromatic rings. The summed E-state index contributed by atoms with van der Waals surface area (Å²) >= 11 is 0. The maximum Gasteiger partial charge on any atom is 0.158 e.